The van der Waals surface area contributed by atoms with Gasteiger partial charge < -0.3 is 10.6 Å². The molecule has 0 fully saturated rings. The molecule has 0 radical (unpaired) electrons. The summed E-state index contributed by atoms with van der Waals surface area (Å²) in [6.07, 6.45) is 8.11. The van der Waals surface area contributed by atoms with Crippen LogP contribution in [0.2, 0.25) is 0 Å². The summed E-state index contributed by atoms with van der Waals surface area (Å²) in [5.41, 5.74) is 2.73. The molecular weight excluding hydrogens is 300 g/mol. The van der Waals surface area contributed by atoms with E-state index in [2.05, 4.69) is 26.9 Å². The number of amides is 1. The molecule has 24 heavy (non-hydrogen) atoms. The van der Waals surface area contributed by atoms with Gasteiger partial charge >= 0.3 is 0 Å². The van der Waals surface area contributed by atoms with E-state index in [1.165, 1.54) is 24.8 Å². The number of para-hydroxylation sites is 1. The molecule has 1 aromatic heterocycles. The van der Waals surface area contributed by atoms with Crippen molar-refractivity contribution < 1.29 is 4.79 Å². The summed E-state index contributed by atoms with van der Waals surface area (Å²) in [5.74, 6) is 0.440. The molecule has 2 aromatic rings. The van der Waals surface area contributed by atoms with Crippen LogP contribution in [0.25, 0.3) is 0 Å². The number of allylic oxidation sites excluding steroid dienone is 1. The van der Waals surface area contributed by atoms with E-state index in [1.807, 2.05) is 30.3 Å². The Morgan fingerprint density at radius 2 is 1.92 bits per heavy atom. The smallest absolute Gasteiger partial charge is 0.271 e. The number of carbonyl (C=O) groups is 1. The molecular formula is C19H22N4O. The van der Waals surface area contributed by atoms with E-state index in [1.54, 1.807) is 12.1 Å². The highest BCUT2D eigenvalue weighted by atomic mass is 16.1. The van der Waals surface area contributed by atoms with E-state index in [-0.39, 0.29) is 5.91 Å². The van der Waals surface area contributed by atoms with Crippen LogP contribution in [0.15, 0.2) is 54.1 Å². The van der Waals surface area contributed by atoms with Crippen molar-refractivity contribution in [3.8, 4) is 0 Å². The van der Waals surface area contributed by atoms with E-state index in [4.69, 9.17) is 0 Å². The maximum Gasteiger partial charge on any atom is 0.271 e. The van der Waals surface area contributed by atoms with Crippen LogP contribution in [0.3, 0.4) is 0 Å². The van der Waals surface area contributed by atoms with E-state index in [9.17, 15) is 4.79 Å². The monoisotopic (exact) mass is 322 g/mol. The van der Waals surface area contributed by atoms with Gasteiger partial charge in [-0.3, -0.25) is 4.79 Å². The summed E-state index contributed by atoms with van der Waals surface area (Å²) in [5, 5.41) is 14.1. The Morgan fingerprint density at radius 3 is 2.62 bits per heavy atom. The molecule has 0 saturated carbocycles. The van der Waals surface area contributed by atoms with Gasteiger partial charge in [0.25, 0.3) is 5.91 Å². The third kappa shape index (κ3) is 4.65. The highest BCUT2D eigenvalue weighted by molar-refractivity contribution is 5.92. The minimum absolute atomic E-state index is 0.176. The van der Waals surface area contributed by atoms with Gasteiger partial charge in [-0.25, -0.2) is 0 Å². The molecule has 5 nitrogen and oxygen atoms in total. The molecule has 0 unspecified atom stereocenters. The van der Waals surface area contributed by atoms with Gasteiger partial charge in [0.2, 0.25) is 0 Å². The molecule has 1 aliphatic rings. The second kappa shape index (κ2) is 8.24. The van der Waals surface area contributed by atoms with Gasteiger partial charge in [-0.15, -0.1) is 10.2 Å². The molecule has 0 aliphatic heterocycles. The fourth-order valence-electron chi connectivity index (χ4n) is 2.75. The first-order valence-corrected chi connectivity index (χ1v) is 8.43. The Balaban J connectivity index is 1.49. The zero-order valence-electron chi connectivity index (χ0n) is 13.7. The molecule has 2 N–H and O–H groups in total. The second-order valence-corrected chi connectivity index (χ2v) is 5.91. The van der Waals surface area contributed by atoms with Crippen molar-refractivity contribution in [2.45, 2.75) is 32.1 Å². The third-order valence-electron chi connectivity index (χ3n) is 4.06. The van der Waals surface area contributed by atoms with Gasteiger partial charge in [0, 0.05) is 12.2 Å². The first kappa shape index (κ1) is 16.2. The molecule has 1 aromatic carbocycles. The van der Waals surface area contributed by atoms with E-state index in [0.717, 1.165) is 18.5 Å². The molecule has 124 valence electrons. The molecule has 0 atom stereocenters. The number of anilines is 2. The number of nitrogens with one attached hydrogen (secondary N) is 2. The van der Waals surface area contributed by atoms with Crippen LogP contribution in [0.4, 0.5) is 11.5 Å². The van der Waals surface area contributed by atoms with Gasteiger partial charge in [0.05, 0.1) is 0 Å². The summed E-state index contributed by atoms with van der Waals surface area (Å²) in [6, 6.07) is 13.2. The van der Waals surface area contributed by atoms with Crippen molar-refractivity contribution in [2.75, 3.05) is 11.9 Å². The molecule has 1 amide bonds. The summed E-state index contributed by atoms with van der Waals surface area (Å²) in [7, 11) is 0. The number of nitrogens with zero attached hydrogens (tertiary/aromatic N) is 2. The third-order valence-corrected chi connectivity index (χ3v) is 4.06. The Kier molecular flexibility index (Phi) is 5.56. The normalized spacial score (nSPS) is 13.9. The minimum Gasteiger partial charge on any atom is -0.350 e. The zero-order valence-corrected chi connectivity index (χ0v) is 13.7. The lowest BCUT2D eigenvalue weighted by Crippen LogP contribution is -2.26. The lowest BCUT2D eigenvalue weighted by molar-refractivity contribution is 0.0948. The van der Waals surface area contributed by atoms with Crippen molar-refractivity contribution >= 4 is 17.4 Å². The number of hydrogen-bond acceptors (Lipinski definition) is 4. The molecule has 3 rings (SSSR count). The maximum atomic E-state index is 12.1. The highest BCUT2D eigenvalue weighted by Gasteiger charge is 2.09. The fourth-order valence-corrected chi connectivity index (χ4v) is 2.75. The molecule has 1 aliphatic carbocycles. The minimum atomic E-state index is -0.176. The molecule has 0 spiro atoms. The van der Waals surface area contributed by atoms with Gasteiger partial charge in [-0.05, 0) is 56.4 Å². The number of aromatic nitrogens is 2. The van der Waals surface area contributed by atoms with Crippen LogP contribution in [-0.4, -0.2) is 22.6 Å². The van der Waals surface area contributed by atoms with Crippen LogP contribution < -0.4 is 10.6 Å². The van der Waals surface area contributed by atoms with Gasteiger partial charge in [-0.1, -0.05) is 29.8 Å². The number of benzene rings is 1. The standard InChI is InChI=1S/C19H22N4O/c24-19(20-14-13-15-7-3-1-4-8-15)17-11-12-18(23-22-17)21-16-9-5-2-6-10-16/h2,5-7,9-12H,1,3-4,8,13-14H2,(H,20,24)(H,21,23). The summed E-state index contributed by atoms with van der Waals surface area (Å²) < 4.78 is 0. The zero-order chi connectivity index (χ0) is 16.6. The van der Waals surface area contributed by atoms with Crippen molar-refractivity contribution in [3.63, 3.8) is 0 Å². The fraction of sp³-hybridized carbons (Fsp3) is 0.316. The Morgan fingerprint density at radius 1 is 1.04 bits per heavy atom. The average Bonchev–Trinajstić information content (AvgIpc) is 2.64. The number of rotatable bonds is 6. The van der Waals surface area contributed by atoms with Crippen molar-refractivity contribution in [2.24, 2.45) is 0 Å². The van der Waals surface area contributed by atoms with E-state index in [0.29, 0.717) is 18.1 Å². The average molecular weight is 322 g/mol. The molecule has 0 saturated heterocycles. The molecule has 1 heterocycles. The Hall–Kier alpha value is -2.69. The predicted molar refractivity (Wildman–Crippen MR) is 95.3 cm³/mol. The van der Waals surface area contributed by atoms with E-state index >= 15 is 0 Å². The highest BCUT2D eigenvalue weighted by Crippen LogP contribution is 2.19. The summed E-state index contributed by atoms with van der Waals surface area (Å²) in [6.45, 7) is 0.649. The largest absolute Gasteiger partial charge is 0.350 e. The van der Waals surface area contributed by atoms with Crippen molar-refractivity contribution in [1.82, 2.24) is 15.5 Å². The van der Waals surface area contributed by atoms with Crippen LogP contribution in [0.1, 0.15) is 42.6 Å². The van der Waals surface area contributed by atoms with Crippen molar-refractivity contribution in [1.29, 1.82) is 0 Å². The molecule has 0 bridgehead atoms. The number of carbonyl (C=O) groups excluding carboxylic acids is 1. The maximum absolute atomic E-state index is 12.1. The van der Waals surface area contributed by atoms with Gasteiger partial charge in [-0.2, -0.15) is 0 Å². The second-order valence-electron chi connectivity index (χ2n) is 5.91. The predicted octanol–water partition coefficient (Wildman–Crippen LogP) is 3.84. The van der Waals surface area contributed by atoms with Gasteiger partial charge in [0.1, 0.15) is 0 Å². The van der Waals surface area contributed by atoms with Crippen molar-refractivity contribution in [3.05, 3.63) is 59.8 Å². The van der Waals surface area contributed by atoms with Crippen LogP contribution >= 0.6 is 0 Å². The lowest BCUT2D eigenvalue weighted by Gasteiger charge is -2.12. The van der Waals surface area contributed by atoms with Crippen LogP contribution in [0, 0.1) is 0 Å². The van der Waals surface area contributed by atoms with Crippen LogP contribution in [-0.2, 0) is 0 Å². The first-order valence-electron chi connectivity index (χ1n) is 8.43. The SMILES string of the molecule is O=C(NCCC1=CCCCC1)c1ccc(Nc2ccccc2)nn1. The Bertz CT molecular complexity index is 695. The topological polar surface area (TPSA) is 66.9 Å². The summed E-state index contributed by atoms with van der Waals surface area (Å²) in [4.78, 5) is 12.1. The van der Waals surface area contributed by atoms with Gasteiger partial charge in [0.15, 0.2) is 11.5 Å². The first-order chi connectivity index (χ1) is 11.8. The Labute approximate surface area is 142 Å². The number of hydrogen-bond donors (Lipinski definition) is 2. The van der Waals surface area contributed by atoms with Crippen LogP contribution in [0.5, 0.6) is 0 Å². The quantitative estimate of drug-likeness (QED) is 0.793. The lowest BCUT2D eigenvalue weighted by atomic mass is 9.97. The van der Waals surface area contributed by atoms with E-state index < -0.39 is 0 Å². The molecule has 5 heteroatoms. The summed E-state index contributed by atoms with van der Waals surface area (Å²) >= 11 is 0.